The average molecular weight is 622 g/mol. The van der Waals surface area contributed by atoms with Crippen LogP contribution in [0, 0.1) is 5.82 Å². The molecule has 4 fully saturated rings. The van der Waals surface area contributed by atoms with E-state index in [-0.39, 0.29) is 22.7 Å². The van der Waals surface area contributed by atoms with Gasteiger partial charge in [0.1, 0.15) is 35.8 Å². The quantitative estimate of drug-likeness (QED) is 0.426. The number of anilines is 2. The second-order valence-corrected chi connectivity index (χ2v) is 13.5. The Bertz CT molecular complexity index is 1620. The third-order valence-corrected chi connectivity index (χ3v) is 10.7. The van der Waals surface area contributed by atoms with Gasteiger partial charge < -0.3 is 29.1 Å². The second-order valence-electron chi connectivity index (χ2n) is 13.5. The number of benzene rings is 2. The molecule has 5 aliphatic heterocycles. The summed E-state index contributed by atoms with van der Waals surface area (Å²) in [4.78, 5) is 16.7. The normalized spacial score (nSPS) is 28.3. The zero-order chi connectivity index (χ0) is 30.8. The van der Waals surface area contributed by atoms with E-state index in [2.05, 4.69) is 14.7 Å². The van der Waals surface area contributed by atoms with E-state index in [9.17, 15) is 9.50 Å². The van der Waals surface area contributed by atoms with Crippen LogP contribution < -0.4 is 14.5 Å². The first-order valence-electron chi connectivity index (χ1n) is 16.4. The van der Waals surface area contributed by atoms with Gasteiger partial charge in [0.25, 0.3) is 0 Å². The summed E-state index contributed by atoms with van der Waals surface area (Å²) >= 11 is 0. The molecule has 0 amide bonds. The Balaban J connectivity index is 1.17. The Hall–Kier alpha value is -3.28. The van der Waals surface area contributed by atoms with Crippen molar-refractivity contribution in [1.82, 2.24) is 14.9 Å². The zero-order valence-electron chi connectivity index (χ0n) is 25.9. The fourth-order valence-electron chi connectivity index (χ4n) is 8.35. The number of alkyl halides is 1. The number of ether oxygens (including phenoxy) is 3. The maximum absolute atomic E-state index is 15.0. The summed E-state index contributed by atoms with van der Waals surface area (Å²) in [5.41, 5.74) is 2.69. The highest BCUT2D eigenvalue weighted by molar-refractivity contribution is 5.98. The molecule has 1 spiro atoms. The van der Waals surface area contributed by atoms with Gasteiger partial charge >= 0.3 is 6.01 Å². The first-order valence-corrected chi connectivity index (χ1v) is 16.4. The van der Waals surface area contributed by atoms with Crippen molar-refractivity contribution in [2.45, 2.75) is 69.3 Å². The molecule has 0 bridgehead atoms. The number of aryl methyl sites for hydroxylation is 1. The van der Waals surface area contributed by atoms with Crippen LogP contribution >= 0.6 is 0 Å². The molecule has 2 aromatic carbocycles. The van der Waals surface area contributed by atoms with Crippen LogP contribution in [0.2, 0.25) is 0 Å². The van der Waals surface area contributed by atoms with Crippen LogP contribution in [0.25, 0.3) is 10.8 Å². The largest absolute Gasteiger partial charge is 0.508 e. The van der Waals surface area contributed by atoms with E-state index in [4.69, 9.17) is 24.2 Å². The molecule has 0 saturated carbocycles. The Kier molecular flexibility index (Phi) is 7.26. The van der Waals surface area contributed by atoms with Gasteiger partial charge in [-0.05, 0) is 55.3 Å². The van der Waals surface area contributed by atoms with Crippen molar-refractivity contribution >= 4 is 22.3 Å². The minimum Gasteiger partial charge on any atom is -0.508 e. The van der Waals surface area contributed by atoms with Crippen molar-refractivity contribution in [2.75, 3.05) is 69.0 Å². The summed E-state index contributed by atoms with van der Waals surface area (Å²) in [6.07, 6.45) is 3.73. The first kappa shape index (κ1) is 29.1. The highest BCUT2D eigenvalue weighted by Gasteiger charge is 2.49. The molecule has 3 atom stereocenters. The Morgan fingerprint density at radius 2 is 2.00 bits per heavy atom. The van der Waals surface area contributed by atoms with Crippen molar-refractivity contribution in [3.8, 4) is 11.8 Å². The molecule has 8 rings (SSSR count). The molecule has 1 aromatic heterocycles. The van der Waals surface area contributed by atoms with E-state index in [0.29, 0.717) is 83.4 Å². The zero-order valence-corrected chi connectivity index (χ0v) is 25.9. The fourth-order valence-corrected chi connectivity index (χ4v) is 8.35. The number of aromatic nitrogens is 2. The number of nitrogens with zero attached hydrogens (tertiary/aromatic N) is 5. The Morgan fingerprint density at radius 3 is 2.82 bits per heavy atom. The lowest BCUT2D eigenvalue weighted by molar-refractivity contribution is -0.167. The van der Waals surface area contributed by atoms with Crippen molar-refractivity contribution < 1.29 is 28.1 Å². The number of hydrogen-bond donors (Lipinski definition) is 1. The number of rotatable bonds is 6. The summed E-state index contributed by atoms with van der Waals surface area (Å²) in [6.45, 7) is 7.99. The number of fused-ring (bicyclic) bond motifs is 3. The van der Waals surface area contributed by atoms with E-state index < -0.39 is 6.17 Å². The molecule has 240 valence electrons. The van der Waals surface area contributed by atoms with E-state index in [1.165, 1.54) is 6.07 Å². The van der Waals surface area contributed by atoms with E-state index in [1.54, 1.807) is 18.2 Å². The number of aromatic hydroxyl groups is 1. The summed E-state index contributed by atoms with van der Waals surface area (Å²) in [7, 11) is 0. The molecule has 45 heavy (non-hydrogen) atoms. The number of phenols is 1. The van der Waals surface area contributed by atoms with Gasteiger partial charge in [0.15, 0.2) is 0 Å². The average Bonchev–Trinajstić information content (AvgIpc) is 3.43. The highest BCUT2D eigenvalue weighted by atomic mass is 19.1. The van der Waals surface area contributed by atoms with Crippen LogP contribution in [0.5, 0.6) is 11.8 Å². The lowest BCUT2D eigenvalue weighted by Crippen LogP contribution is -2.54. The predicted octanol–water partition coefficient (Wildman–Crippen LogP) is 4.55. The van der Waals surface area contributed by atoms with Gasteiger partial charge in [-0.1, -0.05) is 13.0 Å². The predicted molar refractivity (Wildman–Crippen MR) is 167 cm³/mol. The van der Waals surface area contributed by atoms with Crippen molar-refractivity contribution in [1.29, 1.82) is 0 Å². The summed E-state index contributed by atoms with van der Waals surface area (Å²) in [6, 6.07) is 6.93. The number of hydrogen-bond acceptors (Lipinski definition) is 9. The molecule has 9 nitrogen and oxygen atoms in total. The molecule has 6 heterocycles. The number of phenolic OH excluding ortho intramolecular Hbond substituents is 1. The van der Waals surface area contributed by atoms with Crippen LogP contribution in [0.1, 0.15) is 49.4 Å². The van der Waals surface area contributed by atoms with Gasteiger partial charge in [0.05, 0.1) is 44.1 Å². The topological polar surface area (TPSA) is 83.4 Å². The van der Waals surface area contributed by atoms with E-state index >= 15 is 4.39 Å². The highest BCUT2D eigenvalue weighted by Crippen LogP contribution is 2.42. The van der Waals surface area contributed by atoms with E-state index in [0.717, 1.165) is 65.9 Å². The SMILES string of the molecule is CCc1c(F)ccc2cc(O)cc(N3CCc4c(nc(OC[C@@]56CCCN5C[C@H](F)C6)nc4N4CCOCC5(CCO5)C4)C3)c12. The van der Waals surface area contributed by atoms with E-state index in [1.807, 2.05) is 6.92 Å². The van der Waals surface area contributed by atoms with Crippen molar-refractivity contribution in [3.63, 3.8) is 0 Å². The van der Waals surface area contributed by atoms with Crippen molar-refractivity contribution in [3.05, 3.63) is 46.9 Å². The maximum Gasteiger partial charge on any atom is 0.318 e. The molecule has 4 saturated heterocycles. The summed E-state index contributed by atoms with van der Waals surface area (Å²) < 4.78 is 48.0. The molecular formula is C34H41F2N5O4. The molecule has 0 radical (unpaired) electrons. The third-order valence-electron chi connectivity index (χ3n) is 10.7. The minimum absolute atomic E-state index is 0.142. The van der Waals surface area contributed by atoms with Gasteiger partial charge in [-0.15, -0.1) is 0 Å². The molecule has 11 heteroatoms. The molecule has 3 aromatic rings. The lowest BCUT2D eigenvalue weighted by Gasteiger charge is -2.43. The second kappa shape index (κ2) is 11.2. The van der Waals surface area contributed by atoms with Crippen LogP contribution in [-0.2, 0) is 28.9 Å². The van der Waals surface area contributed by atoms with Gasteiger partial charge in [-0.3, -0.25) is 4.90 Å². The van der Waals surface area contributed by atoms with Crippen LogP contribution in [0.4, 0.5) is 20.3 Å². The van der Waals surface area contributed by atoms with Gasteiger partial charge in [-0.2, -0.15) is 9.97 Å². The number of halogens is 2. The maximum atomic E-state index is 15.0. The first-order chi connectivity index (χ1) is 21.9. The lowest BCUT2D eigenvalue weighted by atomic mass is 9.94. The molecule has 0 aliphatic carbocycles. The van der Waals surface area contributed by atoms with Gasteiger partial charge in [-0.25, -0.2) is 8.78 Å². The Labute approximate surface area is 262 Å². The minimum atomic E-state index is -0.840. The molecular weight excluding hydrogens is 580 g/mol. The summed E-state index contributed by atoms with van der Waals surface area (Å²) in [5, 5.41) is 12.3. The molecule has 1 N–H and O–H groups in total. The third kappa shape index (κ3) is 5.07. The van der Waals surface area contributed by atoms with Gasteiger partial charge in [0, 0.05) is 55.2 Å². The summed E-state index contributed by atoms with van der Waals surface area (Å²) in [5.74, 6) is 0.738. The monoisotopic (exact) mass is 621 g/mol. The van der Waals surface area contributed by atoms with Gasteiger partial charge in [0.2, 0.25) is 0 Å². The molecule has 5 aliphatic rings. The van der Waals surface area contributed by atoms with Crippen LogP contribution in [0.3, 0.4) is 0 Å². The van der Waals surface area contributed by atoms with Crippen LogP contribution in [-0.4, -0.2) is 96.4 Å². The van der Waals surface area contributed by atoms with Crippen molar-refractivity contribution in [2.24, 2.45) is 0 Å². The van der Waals surface area contributed by atoms with Crippen LogP contribution in [0.15, 0.2) is 24.3 Å². The standard InChI is InChI=1S/C34H41F2N5O4/c1-2-25-27(36)5-4-22-14-24(42)15-29(30(22)25)39-10-6-26-28(18-39)37-32(44-20-33-7-3-9-41(33)17-23(35)16-33)38-31(26)40-11-13-43-21-34(19-40)8-12-45-34/h4-5,14-15,23,42H,2-3,6-13,16-21H2,1H3/t23-,33+,34?/m1/s1. The Morgan fingerprint density at radius 1 is 1.11 bits per heavy atom. The smallest absolute Gasteiger partial charge is 0.318 e. The molecule has 1 unspecified atom stereocenters. The fraction of sp³-hybridized carbons (Fsp3) is 0.588.